The highest BCUT2D eigenvalue weighted by Gasteiger charge is 2.28. The van der Waals surface area contributed by atoms with Crippen LogP contribution in [0.4, 0.5) is 10.1 Å². The molecule has 39 heavy (non-hydrogen) atoms. The molecule has 0 unspecified atom stereocenters. The van der Waals surface area contributed by atoms with Gasteiger partial charge in [-0.3, -0.25) is 14.4 Å². The second-order valence-corrected chi connectivity index (χ2v) is 9.06. The molecule has 0 aliphatic carbocycles. The molecule has 3 rings (SSSR count). The van der Waals surface area contributed by atoms with Gasteiger partial charge < -0.3 is 33.6 Å². The number of rotatable bonds is 12. The normalized spacial score (nSPS) is 13.0. The third-order valence-electron chi connectivity index (χ3n) is 5.92. The van der Waals surface area contributed by atoms with Crippen LogP contribution in [0.2, 0.25) is 0 Å². The number of nitrogens with zero attached hydrogens (tertiary/aromatic N) is 1. The standard InChI is InChI=1S/C28H32FN7O3/c29-20-10-6-19(7-11-20)15-23(25(31)37)35-27(39)24(16-17-4-2-1-3-5-17)36-26(38)22(30)14-18-8-12-21(13-9-18)34-28(32)33/h1-13,22-24H,14-16,30H2,(H2,31,37)(H,35,39)(H,36,38)(H4,32,33,34)/t22-,23-,24-/m0/s1. The molecule has 3 atom stereocenters. The van der Waals surface area contributed by atoms with Crippen molar-refractivity contribution in [1.29, 1.82) is 0 Å². The Hall–Kier alpha value is -4.77. The van der Waals surface area contributed by atoms with E-state index in [4.69, 9.17) is 22.9 Å². The molecule has 0 saturated carbocycles. The molecule has 0 bridgehead atoms. The fourth-order valence-electron chi connectivity index (χ4n) is 3.89. The summed E-state index contributed by atoms with van der Waals surface area (Å²) < 4.78 is 13.3. The van der Waals surface area contributed by atoms with E-state index >= 15 is 0 Å². The van der Waals surface area contributed by atoms with Crippen LogP contribution in [0.3, 0.4) is 0 Å². The van der Waals surface area contributed by atoms with E-state index in [2.05, 4.69) is 15.6 Å². The van der Waals surface area contributed by atoms with Gasteiger partial charge in [0, 0.05) is 12.8 Å². The van der Waals surface area contributed by atoms with Gasteiger partial charge in [-0.25, -0.2) is 9.38 Å². The van der Waals surface area contributed by atoms with Crippen molar-refractivity contribution < 1.29 is 18.8 Å². The molecule has 11 heteroatoms. The fraction of sp³-hybridized carbons (Fsp3) is 0.214. The number of primary amides is 1. The molecule has 0 fully saturated rings. The SMILES string of the molecule is NC(=O)[C@H](Cc1ccc(F)cc1)NC(=O)[C@H](Cc1ccccc1)NC(=O)[C@@H](N)Cc1ccc(N=C(N)N)cc1. The van der Waals surface area contributed by atoms with Crippen LogP contribution in [0, 0.1) is 5.82 Å². The summed E-state index contributed by atoms with van der Waals surface area (Å²) in [7, 11) is 0. The highest BCUT2D eigenvalue weighted by Crippen LogP contribution is 2.14. The number of hydrogen-bond acceptors (Lipinski definition) is 5. The molecule has 0 heterocycles. The van der Waals surface area contributed by atoms with Crippen molar-refractivity contribution in [3.05, 3.63) is 101 Å². The number of guanidine groups is 1. The molecule has 3 amide bonds. The number of hydrogen-bond donors (Lipinski definition) is 6. The minimum Gasteiger partial charge on any atom is -0.370 e. The van der Waals surface area contributed by atoms with Crippen LogP contribution >= 0.6 is 0 Å². The van der Waals surface area contributed by atoms with E-state index in [1.807, 2.05) is 30.3 Å². The molecule has 0 aliphatic rings. The van der Waals surface area contributed by atoms with Crippen LogP contribution < -0.4 is 33.6 Å². The van der Waals surface area contributed by atoms with Crippen LogP contribution in [-0.4, -0.2) is 41.8 Å². The molecule has 0 saturated heterocycles. The monoisotopic (exact) mass is 533 g/mol. The highest BCUT2D eigenvalue weighted by molar-refractivity contribution is 5.93. The van der Waals surface area contributed by atoms with Gasteiger partial charge in [0.25, 0.3) is 0 Å². The van der Waals surface area contributed by atoms with Crippen LogP contribution in [0.5, 0.6) is 0 Å². The summed E-state index contributed by atoms with van der Waals surface area (Å²) in [6.07, 6.45) is 0.408. The lowest BCUT2D eigenvalue weighted by Gasteiger charge is -2.23. The van der Waals surface area contributed by atoms with Crippen LogP contribution in [-0.2, 0) is 33.6 Å². The molecule has 0 spiro atoms. The van der Waals surface area contributed by atoms with Crippen molar-refractivity contribution in [1.82, 2.24) is 10.6 Å². The summed E-state index contributed by atoms with van der Waals surface area (Å²) in [6, 6.07) is 18.4. The molecular weight excluding hydrogens is 501 g/mol. The van der Waals surface area contributed by atoms with Gasteiger partial charge in [0.05, 0.1) is 11.7 Å². The lowest BCUT2D eigenvalue weighted by molar-refractivity contribution is -0.131. The number of aliphatic imine (C=N–C) groups is 1. The molecule has 0 aliphatic heterocycles. The summed E-state index contributed by atoms with van der Waals surface area (Å²) >= 11 is 0. The lowest BCUT2D eigenvalue weighted by Crippen LogP contribution is -2.56. The number of carbonyl (C=O) groups excluding carboxylic acids is 3. The van der Waals surface area contributed by atoms with Crippen molar-refractivity contribution >= 4 is 29.4 Å². The van der Waals surface area contributed by atoms with E-state index in [1.165, 1.54) is 24.3 Å². The van der Waals surface area contributed by atoms with Crippen molar-refractivity contribution in [2.45, 2.75) is 37.4 Å². The molecular formula is C28H32FN7O3. The lowest BCUT2D eigenvalue weighted by atomic mass is 10.0. The summed E-state index contributed by atoms with van der Waals surface area (Å²) in [5.41, 5.74) is 25.2. The zero-order valence-electron chi connectivity index (χ0n) is 21.2. The summed E-state index contributed by atoms with van der Waals surface area (Å²) in [6.45, 7) is 0. The van der Waals surface area contributed by atoms with Gasteiger partial charge in [-0.2, -0.15) is 0 Å². The maximum absolute atomic E-state index is 13.3. The van der Waals surface area contributed by atoms with Crippen LogP contribution in [0.1, 0.15) is 16.7 Å². The number of halogens is 1. The van der Waals surface area contributed by atoms with Crippen molar-refractivity contribution in [2.75, 3.05) is 0 Å². The molecule has 3 aromatic carbocycles. The van der Waals surface area contributed by atoms with Crippen molar-refractivity contribution in [3.63, 3.8) is 0 Å². The molecule has 10 nitrogen and oxygen atoms in total. The van der Waals surface area contributed by atoms with Gasteiger partial charge in [-0.1, -0.05) is 54.6 Å². The van der Waals surface area contributed by atoms with E-state index in [1.54, 1.807) is 24.3 Å². The minimum atomic E-state index is -1.07. The predicted molar refractivity (Wildman–Crippen MR) is 147 cm³/mol. The summed E-state index contributed by atoms with van der Waals surface area (Å²) in [4.78, 5) is 42.3. The quantitative estimate of drug-likeness (QED) is 0.145. The van der Waals surface area contributed by atoms with Gasteiger partial charge in [-0.05, 0) is 47.4 Å². The Morgan fingerprint density at radius 2 is 1.21 bits per heavy atom. The number of benzene rings is 3. The van der Waals surface area contributed by atoms with Gasteiger partial charge in [0.15, 0.2) is 5.96 Å². The molecule has 204 valence electrons. The third kappa shape index (κ3) is 9.24. The average Bonchev–Trinajstić information content (AvgIpc) is 2.90. The minimum absolute atomic E-state index is 0.0583. The Kier molecular flexibility index (Phi) is 10.1. The first-order valence-corrected chi connectivity index (χ1v) is 12.2. The van der Waals surface area contributed by atoms with E-state index in [0.717, 1.165) is 11.1 Å². The third-order valence-corrected chi connectivity index (χ3v) is 5.92. The first-order chi connectivity index (χ1) is 18.6. The maximum atomic E-state index is 13.3. The van der Waals surface area contributed by atoms with E-state index < -0.39 is 41.7 Å². The maximum Gasteiger partial charge on any atom is 0.243 e. The number of nitrogens with two attached hydrogens (primary N) is 4. The second kappa shape index (κ2) is 13.7. The Bertz CT molecular complexity index is 1290. The topological polar surface area (TPSA) is 192 Å². The number of amides is 3. The molecule has 10 N–H and O–H groups in total. The summed E-state index contributed by atoms with van der Waals surface area (Å²) in [5, 5.41) is 5.33. The first kappa shape index (κ1) is 28.8. The smallest absolute Gasteiger partial charge is 0.243 e. The zero-order valence-corrected chi connectivity index (χ0v) is 21.2. The highest BCUT2D eigenvalue weighted by atomic mass is 19.1. The van der Waals surface area contributed by atoms with Crippen LogP contribution in [0.25, 0.3) is 0 Å². The second-order valence-electron chi connectivity index (χ2n) is 9.06. The Morgan fingerprint density at radius 3 is 1.79 bits per heavy atom. The van der Waals surface area contributed by atoms with Crippen LogP contribution in [0.15, 0.2) is 83.9 Å². The molecule has 0 radical (unpaired) electrons. The molecule has 0 aromatic heterocycles. The predicted octanol–water partition coefficient (Wildman–Crippen LogP) is 0.541. The molecule has 3 aromatic rings. The van der Waals surface area contributed by atoms with Crippen molar-refractivity contribution in [2.24, 2.45) is 27.9 Å². The largest absolute Gasteiger partial charge is 0.370 e. The average molecular weight is 534 g/mol. The van der Waals surface area contributed by atoms with E-state index in [-0.39, 0.29) is 25.2 Å². The number of nitrogens with one attached hydrogen (secondary N) is 2. The zero-order chi connectivity index (χ0) is 28.4. The van der Waals surface area contributed by atoms with Gasteiger partial charge >= 0.3 is 0 Å². The van der Waals surface area contributed by atoms with Gasteiger partial charge in [0.1, 0.15) is 17.9 Å². The van der Waals surface area contributed by atoms with E-state index in [0.29, 0.717) is 11.3 Å². The van der Waals surface area contributed by atoms with Gasteiger partial charge in [0.2, 0.25) is 17.7 Å². The summed E-state index contributed by atoms with van der Waals surface area (Å²) in [5.74, 6) is -2.42. The number of carbonyl (C=O) groups is 3. The van der Waals surface area contributed by atoms with Gasteiger partial charge in [-0.15, -0.1) is 0 Å². The van der Waals surface area contributed by atoms with Crippen molar-refractivity contribution in [3.8, 4) is 0 Å². The Morgan fingerprint density at radius 1 is 0.692 bits per heavy atom. The Labute approximate surface area is 225 Å². The Balaban J connectivity index is 1.71. The van der Waals surface area contributed by atoms with E-state index in [9.17, 15) is 18.8 Å². The fourth-order valence-corrected chi connectivity index (χ4v) is 3.89. The first-order valence-electron chi connectivity index (χ1n) is 12.2.